The van der Waals surface area contributed by atoms with Gasteiger partial charge in [-0.25, -0.2) is 9.98 Å². The molecule has 4 nitrogen and oxygen atoms in total. The highest BCUT2D eigenvalue weighted by Crippen LogP contribution is 2.40. The summed E-state index contributed by atoms with van der Waals surface area (Å²) in [6.07, 6.45) is 1.57. The van der Waals surface area contributed by atoms with E-state index in [4.69, 9.17) is 14.4 Å². The summed E-state index contributed by atoms with van der Waals surface area (Å²) in [5, 5.41) is 4.60. The van der Waals surface area contributed by atoms with Gasteiger partial charge in [0.25, 0.3) is 0 Å². The van der Waals surface area contributed by atoms with E-state index >= 15 is 0 Å². The Morgan fingerprint density at radius 1 is 0.528 bits per heavy atom. The minimum atomic E-state index is 0.715. The number of allylic oxidation sites excluding steroid dienone is 1. The van der Waals surface area contributed by atoms with E-state index in [-0.39, 0.29) is 0 Å². The third-order valence-corrected chi connectivity index (χ3v) is 10.6. The summed E-state index contributed by atoms with van der Waals surface area (Å²) in [7, 11) is 0. The second-order valence-electron chi connectivity index (χ2n) is 13.7. The van der Waals surface area contributed by atoms with Crippen molar-refractivity contribution in [3.05, 3.63) is 186 Å². The molecule has 0 bridgehead atoms. The topological polar surface area (TPSA) is 53.6 Å². The number of benzene rings is 7. The van der Waals surface area contributed by atoms with Crippen LogP contribution >= 0.6 is 0 Å². The quantitative estimate of drug-likeness (QED) is 0.187. The lowest BCUT2D eigenvalue weighted by molar-refractivity contribution is 0.670. The Morgan fingerprint density at radius 2 is 1.17 bits per heavy atom. The summed E-state index contributed by atoms with van der Waals surface area (Å²) in [5.74, 6) is 0.719. The Kier molecular flexibility index (Phi) is 7.47. The maximum atomic E-state index is 6.43. The minimum Gasteiger partial charge on any atom is -0.455 e. The molecule has 10 rings (SSSR count). The zero-order valence-electron chi connectivity index (χ0n) is 29.3. The minimum absolute atomic E-state index is 0.715. The molecule has 1 N–H and O–H groups in total. The van der Waals surface area contributed by atoms with Gasteiger partial charge in [-0.2, -0.15) is 0 Å². The molecule has 53 heavy (non-hydrogen) atoms. The van der Waals surface area contributed by atoms with E-state index in [1.54, 1.807) is 0 Å². The molecule has 0 amide bonds. The summed E-state index contributed by atoms with van der Waals surface area (Å²) in [6, 6.07) is 57.6. The van der Waals surface area contributed by atoms with Crippen molar-refractivity contribution in [3.8, 4) is 22.3 Å². The number of hydrogen-bond acceptors (Lipinski definition) is 3. The Balaban J connectivity index is 1.13. The van der Waals surface area contributed by atoms with Gasteiger partial charge in [-0.3, -0.25) is 0 Å². The molecular formula is C49H35N3O. The molecule has 7 aromatic carbocycles. The second kappa shape index (κ2) is 12.8. The highest BCUT2D eigenvalue weighted by Gasteiger charge is 2.22. The highest BCUT2D eigenvalue weighted by atomic mass is 16.3. The Morgan fingerprint density at radius 3 is 1.96 bits per heavy atom. The molecule has 2 aromatic heterocycles. The number of aliphatic imine (C=N–C) groups is 2. The van der Waals surface area contributed by atoms with Crippen LogP contribution in [0.4, 0.5) is 0 Å². The van der Waals surface area contributed by atoms with Crippen LogP contribution in [0.2, 0.25) is 0 Å². The Hall–Kier alpha value is -6.78. The molecule has 1 aliphatic heterocycles. The maximum absolute atomic E-state index is 6.43. The lowest BCUT2D eigenvalue weighted by Gasteiger charge is -2.11. The second-order valence-corrected chi connectivity index (χ2v) is 13.7. The van der Waals surface area contributed by atoms with Gasteiger partial charge in [-0.15, -0.1) is 0 Å². The molecule has 0 radical (unpaired) electrons. The molecule has 1 aliphatic rings. The molecule has 0 spiro atoms. The zero-order chi connectivity index (χ0) is 35.3. The first kappa shape index (κ1) is 31.0. The Bertz CT molecular complexity index is 2930. The summed E-state index contributed by atoms with van der Waals surface area (Å²) >= 11 is 0. The number of rotatable bonds is 6. The van der Waals surface area contributed by atoms with E-state index in [0.717, 1.165) is 89.8 Å². The van der Waals surface area contributed by atoms with Crippen molar-refractivity contribution in [3.63, 3.8) is 0 Å². The summed E-state index contributed by atoms with van der Waals surface area (Å²) in [4.78, 5) is 14.6. The standard InChI is InChI=1S/C49H35N3O/c1-2-31-30-44(34-15-7-4-8-16-34)51-49(35-25-23-33(24-26-35)32-13-5-3-6-14-32)52-46(31)41-21-12-19-39-42-29-36(27-28-43(42)50-47(39)41)37-18-11-20-40-38-17-9-10-22-45(38)53-48(37)40/h3-29,50H,2,30H2,1H3. The third-order valence-electron chi connectivity index (χ3n) is 10.6. The summed E-state index contributed by atoms with van der Waals surface area (Å²) in [5.41, 5.74) is 15.0. The van der Waals surface area contributed by atoms with E-state index in [1.165, 1.54) is 22.1 Å². The van der Waals surface area contributed by atoms with E-state index < -0.39 is 0 Å². The van der Waals surface area contributed by atoms with Gasteiger partial charge >= 0.3 is 0 Å². The predicted octanol–water partition coefficient (Wildman–Crippen LogP) is 13.0. The van der Waals surface area contributed by atoms with Crippen molar-refractivity contribution >= 4 is 61.0 Å². The fourth-order valence-electron chi connectivity index (χ4n) is 7.84. The molecule has 3 heterocycles. The van der Waals surface area contributed by atoms with E-state index in [9.17, 15) is 0 Å². The van der Waals surface area contributed by atoms with Crippen LogP contribution in [0.5, 0.6) is 0 Å². The smallest absolute Gasteiger partial charge is 0.160 e. The normalized spacial score (nSPS) is 13.5. The third kappa shape index (κ3) is 5.39. The number of H-pyrrole nitrogens is 1. The molecule has 0 unspecified atom stereocenters. The average Bonchev–Trinajstić information content (AvgIpc) is 3.73. The van der Waals surface area contributed by atoms with Crippen LogP contribution in [0.15, 0.2) is 184 Å². The van der Waals surface area contributed by atoms with Gasteiger partial charge in [-0.1, -0.05) is 153 Å². The number of amidine groups is 1. The van der Waals surface area contributed by atoms with E-state index in [1.807, 2.05) is 18.2 Å². The van der Waals surface area contributed by atoms with Crippen LogP contribution in [0, 0.1) is 0 Å². The first-order chi connectivity index (χ1) is 26.2. The van der Waals surface area contributed by atoms with Crippen molar-refractivity contribution in [2.24, 2.45) is 9.98 Å². The predicted molar refractivity (Wildman–Crippen MR) is 222 cm³/mol. The largest absolute Gasteiger partial charge is 0.455 e. The van der Waals surface area contributed by atoms with Gasteiger partial charge in [0.2, 0.25) is 0 Å². The zero-order valence-corrected chi connectivity index (χ0v) is 29.3. The van der Waals surface area contributed by atoms with Crippen LogP contribution in [0.1, 0.15) is 36.5 Å². The maximum Gasteiger partial charge on any atom is 0.160 e. The van der Waals surface area contributed by atoms with Crippen molar-refractivity contribution in [2.75, 3.05) is 0 Å². The average molecular weight is 682 g/mol. The molecule has 0 aliphatic carbocycles. The number of hydrogen-bond donors (Lipinski definition) is 1. The fourth-order valence-corrected chi connectivity index (χ4v) is 7.84. The number of para-hydroxylation sites is 3. The number of nitrogens with zero attached hydrogens (tertiary/aromatic N) is 2. The van der Waals surface area contributed by atoms with Crippen LogP contribution < -0.4 is 0 Å². The molecule has 4 heteroatoms. The lowest BCUT2D eigenvalue weighted by atomic mass is 9.95. The lowest BCUT2D eigenvalue weighted by Crippen LogP contribution is -2.06. The molecule has 0 saturated carbocycles. The van der Waals surface area contributed by atoms with Crippen LogP contribution in [0.3, 0.4) is 0 Å². The van der Waals surface area contributed by atoms with Gasteiger partial charge in [0.05, 0.1) is 16.9 Å². The Labute approximate surface area is 307 Å². The molecule has 0 saturated heterocycles. The number of aromatic amines is 1. The van der Waals surface area contributed by atoms with E-state index in [0.29, 0.717) is 6.42 Å². The number of fused-ring (bicyclic) bond motifs is 6. The van der Waals surface area contributed by atoms with Crippen molar-refractivity contribution < 1.29 is 4.42 Å². The first-order valence-electron chi connectivity index (χ1n) is 18.3. The van der Waals surface area contributed by atoms with Gasteiger partial charge in [-0.05, 0) is 52.4 Å². The van der Waals surface area contributed by atoms with Crippen LogP contribution in [-0.2, 0) is 0 Å². The molecule has 9 aromatic rings. The van der Waals surface area contributed by atoms with Crippen LogP contribution in [-0.4, -0.2) is 16.5 Å². The van der Waals surface area contributed by atoms with Crippen molar-refractivity contribution in [2.45, 2.75) is 19.8 Å². The first-order valence-corrected chi connectivity index (χ1v) is 18.3. The van der Waals surface area contributed by atoms with Gasteiger partial charge < -0.3 is 9.40 Å². The molecular weight excluding hydrogens is 647 g/mol. The molecule has 0 fully saturated rings. The SMILES string of the molecule is CCC1=C(c2cccc3c2[nH]c2ccc(-c4cccc5c4oc4ccccc45)cc23)N=C(c2ccc(-c3ccccc3)cc2)N=C(c2ccccc2)C1. The summed E-state index contributed by atoms with van der Waals surface area (Å²) < 4.78 is 6.43. The summed E-state index contributed by atoms with van der Waals surface area (Å²) in [6.45, 7) is 2.23. The number of furan rings is 1. The number of nitrogens with one attached hydrogen (secondary N) is 1. The number of aromatic nitrogens is 1. The van der Waals surface area contributed by atoms with Crippen molar-refractivity contribution in [1.29, 1.82) is 0 Å². The van der Waals surface area contributed by atoms with Gasteiger partial charge in [0, 0.05) is 50.2 Å². The van der Waals surface area contributed by atoms with Gasteiger partial charge in [0.15, 0.2) is 5.84 Å². The fraction of sp³-hybridized carbons (Fsp3) is 0.0612. The molecule has 0 atom stereocenters. The van der Waals surface area contributed by atoms with Crippen molar-refractivity contribution in [1.82, 2.24) is 4.98 Å². The monoisotopic (exact) mass is 681 g/mol. The van der Waals surface area contributed by atoms with Crippen LogP contribution in [0.25, 0.3) is 71.7 Å². The van der Waals surface area contributed by atoms with Gasteiger partial charge in [0.1, 0.15) is 11.2 Å². The van der Waals surface area contributed by atoms with E-state index in [2.05, 4.69) is 158 Å². The molecule has 252 valence electrons. The highest BCUT2D eigenvalue weighted by molar-refractivity contribution is 6.18.